The number of carbonyl (C=O) groups excluding carboxylic acids is 1. The van der Waals surface area contributed by atoms with Crippen LogP contribution >= 0.6 is 11.6 Å². The molecule has 1 aliphatic carbocycles. The van der Waals surface area contributed by atoms with E-state index in [1.165, 1.54) is 30.3 Å². The van der Waals surface area contributed by atoms with E-state index < -0.39 is 33.2 Å². The third kappa shape index (κ3) is 6.34. The molecule has 9 nitrogen and oxygen atoms in total. The average Bonchev–Trinajstić information content (AvgIpc) is 2.79. The summed E-state index contributed by atoms with van der Waals surface area (Å²) in [4.78, 5) is 22.8. The SMILES string of the molecule is O=C(CN(C1CCCCC1)S(=O)(=O)c1ccc(F)cc1)NN=Cc1cc([N+](=O)[O-])ccc1Cl. The second-order valence-corrected chi connectivity index (χ2v) is 9.85. The van der Waals surface area contributed by atoms with Gasteiger partial charge in [0.05, 0.1) is 22.6 Å². The number of nitrogens with zero attached hydrogens (tertiary/aromatic N) is 3. The van der Waals surface area contributed by atoms with E-state index in [1.807, 2.05) is 0 Å². The number of nitrogens with one attached hydrogen (secondary N) is 1. The summed E-state index contributed by atoms with van der Waals surface area (Å²) in [6, 6.07) is 7.85. The van der Waals surface area contributed by atoms with Gasteiger partial charge in [0.25, 0.3) is 11.6 Å². The molecular formula is C21H22ClFN4O5S. The van der Waals surface area contributed by atoms with Gasteiger partial charge in [0.2, 0.25) is 10.0 Å². The topological polar surface area (TPSA) is 122 Å². The van der Waals surface area contributed by atoms with Crippen molar-refractivity contribution >= 4 is 39.4 Å². The minimum absolute atomic E-state index is 0.103. The van der Waals surface area contributed by atoms with Crippen molar-refractivity contribution in [2.75, 3.05) is 6.54 Å². The highest BCUT2D eigenvalue weighted by Gasteiger charge is 2.34. The fourth-order valence-corrected chi connectivity index (χ4v) is 5.42. The molecule has 0 aromatic heterocycles. The maximum absolute atomic E-state index is 13.3. The Morgan fingerprint density at radius 2 is 1.88 bits per heavy atom. The number of halogens is 2. The van der Waals surface area contributed by atoms with Crippen LogP contribution in [0.5, 0.6) is 0 Å². The Hall–Kier alpha value is -2.89. The molecule has 2 aromatic rings. The van der Waals surface area contributed by atoms with Crippen molar-refractivity contribution < 1.29 is 22.5 Å². The number of hydrogen-bond donors (Lipinski definition) is 1. The minimum atomic E-state index is -4.05. The zero-order chi connectivity index (χ0) is 24.0. The summed E-state index contributed by atoms with van der Waals surface area (Å²) < 4.78 is 40.9. The first-order valence-electron chi connectivity index (χ1n) is 10.2. The number of hydrogen-bond acceptors (Lipinski definition) is 6. The third-order valence-corrected chi connectivity index (χ3v) is 7.54. The molecule has 0 bridgehead atoms. The van der Waals surface area contributed by atoms with Gasteiger partial charge in [-0.15, -0.1) is 0 Å². The number of amides is 1. The molecule has 1 saturated carbocycles. The predicted molar refractivity (Wildman–Crippen MR) is 121 cm³/mol. The molecule has 0 heterocycles. The van der Waals surface area contributed by atoms with Crippen LogP contribution in [0, 0.1) is 15.9 Å². The van der Waals surface area contributed by atoms with Crippen LogP contribution in [0.1, 0.15) is 37.7 Å². The first-order valence-corrected chi connectivity index (χ1v) is 12.0. The summed E-state index contributed by atoms with van der Waals surface area (Å²) in [6.45, 7) is -0.482. The number of nitro groups is 1. The van der Waals surface area contributed by atoms with E-state index in [0.717, 1.165) is 41.9 Å². The number of benzene rings is 2. The van der Waals surface area contributed by atoms with Crippen LogP contribution in [0.25, 0.3) is 0 Å². The van der Waals surface area contributed by atoms with E-state index in [0.29, 0.717) is 12.8 Å². The molecular weight excluding hydrogens is 475 g/mol. The Labute approximate surface area is 195 Å². The zero-order valence-corrected chi connectivity index (χ0v) is 19.1. The largest absolute Gasteiger partial charge is 0.272 e. The van der Waals surface area contributed by atoms with Crippen molar-refractivity contribution in [2.45, 2.75) is 43.0 Å². The Morgan fingerprint density at radius 1 is 1.21 bits per heavy atom. The molecule has 1 N–H and O–H groups in total. The summed E-state index contributed by atoms with van der Waals surface area (Å²) in [5.74, 6) is -1.26. The van der Waals surface area contributed by atoms with Crippen LogP contribution in [0.15, 0.2) is 52.5 Å². The van der Waals surface area contributed by atoms with Crippen LogP contribution in [0.4, 0.5) is 10.1 Å². The highest BCUT2D eigenvalue weighted by Crippen LogP contribution is 2.28. The van der Waals surface area contributed by atoms with Crippen LogP contribution < -0.4 is 5.43 Å². The lowest BCUT2D eigenvalue weighted by Gasteiger charge is -2.32. The number of non-ortho nitro benzene ring substituents is 1. The first kappa shape index (κ1) is 24.7. The monoisotopic (exact) mass is 496 g/mol. The van der Waals surface area contributed by atoms with Crippen molar-refractivity contribution in [1.82, 2.24) is 9.73 Å². The van der Waals surface area contributed by atoms with Crippen molar-refractivity contribution in [3.05, 3.63) is 69.0 Å². The molecule has 3 rings (SSSR count). The van der Waals surface area contributed by atoms with Crippen molar-refractivity contribution in [3.8, 4) is 0 Å². The molecule has 0 radical (unpaired) electrons. The smallest absolute Gasteiger partial charge is 0.270 e. The molecule has 12 heteroatoms. The van der Waals surface area contributed by atoms with Crippen LogP contribution in [0.2, 0.25) is 5.02 Å². The van der Waals surface area contributed by atoms with Gasteiger partial charge in [-0.1, -0.05) is 30.9 Å². The van der Waals surface area contributed by atoms with Gasteiger partial charge in [0.15, 0.2) is 0 Å². The quantitative estimate of drug-likeness (QED) is 0.338. The molecule has 0 unspecified atom stereocenters. The van der Waals surface area contributed by atoms with E-state index in [2.05, 4.69) is 10.5 Å². The second kappa shape index (κ2) is 10.8. The van der Waals surface area contributed by atoms with Gasteiger partial charge >= 0.3 is 0 Å². The van der Waals surface area contributed by atoms with E-state index >= 15 is 0 Å². The maximum atomic E-state index is 13.3. The Kier molecular flexibility index (Phi) is 8.11. The summed E-state index contributed by atoms with van der Waals surface area (Å²) in [5, 5.41) is 14.9. The molecule has 0 atom stereocenters. The zero-order valence-electron chi connectivity index (χ0n) is 17.5. The third-order valence-electron chi connectivity index (χ3n) is 5.28. The maximum Gasteiger partial charge on any atom is 0.270 e. The molecule has 0 spiro atoms. The van der Waals surface area contributed by atoms with E-state index in [4.69, 9.17) is 11.6 Å². The van der Waals surface area contributed by atoms with Crippen LogP contribution in [-0.2, 0) is 14.8 Å². The molecule has 176 valence electrons. The number of sulfonamides is 1. The molecule has 1 fully saturated rings. The summed E-state index contributed by atoms with van der Waals surface area (Å²) in [7, 11) is -4.05. The summed E-state index contributed by atoms with van der Waals surface area (Å²) in [6.07, 6.45) is 5.03. The van der Waals surface area contributed by atoms with Gasteiger partial charge in [0.1, 0.15) is 5.82 Å². The number of carbonyl (C=O) groups is 1. The number of nitro benzene ring substituents is 1. The van der Waals surface area contributed by atoms with E-state index in [9.17, 15) is 27.7 Å². The Balaban J connectivity index is 1.76. The highest BCUT2D eigenvalue weighted by molar-refractivity contribution is 7.89. The summed E-state index contributed by atoms with van der Waals surface area (Å²) in [5.41, 5.74) is 2.27. The van der Waals surface area contributed by atoms with Crippen molar-refractivity contribution in [2.24, 2.45) is 5.10 Å². The van der Waals surface area contributed by atoms with Gasteiger partial charge in [-0.25, -0.2) is 18.2 Å². The minimum Gasteiger partial charge on any atom is -0.272 e. The lowest BCUT2D eigenvalue weighted by atomic mass is 9.95. The lowest BCUT2D eigenvalue weighted by Crippen LogP contribution is -2.46. The van der Waals surface area contributed by atoms with Crippen LogP contribution in [-0.4, -0.2) is 42.4 Å². The molecule has 0 saturated heterocycles. The molecule has 0 aliphatic heterocycles. The average molecular weight is 497 g/mol. The fraction of sp³-hybridized carbons (Fsp3) is 0.333. The Bertz CT molecular complexity index is 1150. The van der Waals surface area contributed by atoms with Crippen molar-refractivity contribution in [1.29, 1.82) is 0 Å². The fourth-order valence-electron chi connectivity index (χ4n) is 3.62. The molecule has 1 amide bonds. The van der Waals surface area contributed by atoms with E-state index in [-0.39, 0.29) is 27.2 Å². The molecule has 1 aliphatic rings. The normalized spacial score (nSPS) is 15.1. The van der Waals surface area contributed by atoms with E-state index in [1.54, 1.807) is 0 Å². The van der Waals surface area contributed by atoms with Gasteiger partial charge in [-0.3, -0.25) is 14.9 Å². The number of rotatable bonds is 8. The van der Waals surface area contributed by atoms with Gasteiger partial charge in [-0.2, -0.15) is 9.41 Å². The predicted octanol–water partition coefficient (Wildman–Crippen LogP) is 3.86. The molecule has 33 heavy (non-hydrogen) atoms. The first-order chi connectivity index (χ1) is 15.7. The van der Waals surface area contributed by atoms with Gasteiger partial charge in [-0.05, 0) is 43.2 Å². The lowest BCUT2D eigenvalue weighted by molar-refractivity contribution is -0.384. The second-order valence-electron chi connectivity index (χ2n) is 7.55. The van der Waals surface area contributed by atoms with Gasteiger partial charge < -0.3 is 0 Å². The van der Waals surface area contributed by atoms with Crippen molar-refractivity contribution in [3.63, 3.8) is 0 Å². The highest BCUT2D eigenvalue weighted by atomic mass is 35.5. The molecule has 2 aromatic carbocycles. The standard InChI is InChI=1S/C21H22ClFN4O5S/c22-20-11-8-18(27(29)30)12-15(20)13-24-25-21(28)14-26(17-4-2-1-3-5-17)33(31,32)19-9-6-16(23)7-10-19/h6-13,17H,1-5,14H2,(H,25,28). The summed E-state index contributed by atoms with van der Waals surface area (Å²) >= 11 is 6.00. The van der Waals surface area contributed by atoms with Gasteiger partial charge in [0, 0.05) is 28.8 Å². The van der Waals surface area contributed by atoms with Crippen LogP contribution in [0.3, 0.4) is 0 Å². The Morgan fingerprint density at radius 3 is 2.52 bits per heavy atom. The number of hydrazone groups is 1.